The largest absolute Gasteiger partial charge is 0.389 e. The van der Waals surface area contributed by atoms with Gasteiger partial charge >= 0.3 is 0 Å². The molecule has 4 atom stereocenters. The van der Waals surface area contributed by atoms with Gasteiger partial charge in [0.1, 0.15) is 0 Å². The lowest BCUT2D eigenvalue weighted by atomic mass is 9.94. The topological polar surface area (TPSA) is 83.5 Å². The van der Waals surface area contributed by atoms with E-state index in [0.717, 1.165) is 58.7 Å². The molecule has 0 bridgehead atoms. The third-order valence-electron chi connectivity index (χ3n) is 6.81. The zero-order chi connectivity index (χ0) is 22.9. The fourth-order valence-corrected chi connectivity index (χ4v) is 5.08. The lowest BCUT2D eigenvalue weighted by Gasteiger charge is -2.44. The van der Waals surface area contributed by atoms with E-state index in [1.165, 1.54) is 5.56 Å². The molecule has 4 rings (SSSR count). The lowest BCUT2D eigenvalue weighted by Crippen LogP contribution is -2.55. The van der Waals surface area contributed by atoms with Gasteiger partial charge in [-0.2, -0.15) is 0 Å². The molecule has 0 aromatic heterocycles. The second kappa shape index (κ2) is 12.8. The summed E-state index contributed by atoms with van der Waals surface area (Å²) in [6.07, 6.45) is 2.43. The first kappa shape index (κ1) is 24.6. The van der Waals surface area contributed by atoms with Gasteiger partial charge in [-0.15, -0.1) is 0 Å². The Morgan fingerprint density at radius 3 is 2.73 bits per heavy atom. The van der Waals surface area contributed by atoms with Crippen LogP contribution in [0.5, 0.6) is 0 Å². The van der Waals surface area contributed by atoms with Crippen molar-refractivity contribution in [3.8, 4) is 0 Å². The highest BCUT2D eigenvalue weighted by Gasteiger charge is 2.38. The molecule has 2 N–H and O–H groups in total. The summed E-state index contributed by atoms with van der Waals surface area (Å²) in [4.78, 5) is 17.2. The molecule has 3 aliphatic heterocycles. The summed E-state index contributed by atoms with van der Waals surface area (Å²) in [5.41, 5.74) is 1.23. The van der Waals surface area contributed by atoms with Gasteiger partial charge in [0.05, 0.1) is 51.2 Å². The van der Waals surface area contributed by atoms with Crippen molar-refractivity contribution in [2.45, 2.75) is 56.6 Å². The number of hydrogen-bond donors (Lipinski definition) is 2. The molecule has 184 valence electrons. The van der Waals surface area contributed by atoms with Gasteiger partial charge in [-0.3, -0.25) is 14.6 Å². The maximum atomic E-state index is 12.5. The van der Waals surface area contributed by atoms with E-state index in [4.69, 9.17) is 14.2 Å². The third kappa shape index (κ3) is 7.73. The highest BCUT2D eigenvalue weighted by atomic mass is 16.5. The summed E-state index contributed by atoms with van der Waals surface area (Å²) in [6, 6.07) is 10.5. The van der Waals surface area contributed by atoms with Gasteiger partial charge in [0, 0.05) is 38.8 Å². The van der Waals surface area contributed by atoms with Crippen molar-refractivity contribution in [1.82, 2.24) is 15.1 Å². The number of rotatable bonds is 8. The fraction of sp³-hybridized carbons (Fsp3) is 0.720. The maximum Gasteiger partial charge on any atom is 0.222 e. The number of benzene rings is 1. The van der Waals surface area contributed by atoms with Crippen LogP contribution in [0.25, 0.3) is 0 Å². The molecule has 0 unspecified atom stereocenters. The number of nitrogens with one attached hydrogen (secondary N) is 1. The molecule has 0 saturated carbocycles. The van der Waals surface area contributed by atoms with E-state index in [-0.39, 0.29) is 24.2 Å². The summed E-state index contributed by atoms with van der Waals surface area (Å²) in [7, 11) is 0. The maximum absolute atomic E-state index is 12.5. The van der Waals surface area contributed by atoms with Crippen LogP contribution in [0.3, 0.4) is 0 Å². The first-order chi connectivity index (χ1) is 16.2. The number of aliphatic hydroxyl groups is 1. The van der Waals surface area contributed by atoms with Crippen molar-refractivity contribution < 1.29 is 24.1 Å². The van der Waals surface area contributed by atoms with Gasteiger partial charge in [0.2, 0.25) is 5.91 Å². The van der Waals surface area contributed by atoms with E-state index in [1.807, 2.05) is 18.2 Å². The van der Waals surface area contributed by atoms with Gasteiger partial charge in [0.15, 0.2) is 0 Å². The minimum absolute atomic E-state index is 0.0590. The Morgan fingerprint density at radius 1 is 1.09 bits per heavy atom. The Balaban J connectivity index is 1.23. The van der Waals surface area contributed by atoms with Crippen LogP contribution in [0.15, 0.2) is 30.3 Å². The van der Waals surface area contributed by atoms with Crippen molar-refractivity contribution in [2.24, 2.45) is 0 Å². The third-order valence-corrected chi connectivity index (χ3v) is 6.81. The van der Waals surface area contributed by atoms with Crippen LogP contribution in [0.1, 0.15) is 31.2 Å². The van der Waals surface area contributed by atoms with E-state index in [9.17, 15) is 9.90 Å². The summed E-state index contributed by atoms with van der Waals surface area (Å²) >= 11 is 0. The summed E-state index contributed by atoms with van der Waals surface area (Å²) in [6.45, 7) is 7.35. The average Bonchev–Trinajstić information content (AvgIpc) is 2.82. The minimum Gasteiger partial charge on any atom is -0.389 e. The number of hydrogen-bond acceptors (Lipinski definition) is 7. The zero-order valence-electron chi connectivity index (χ0n) is 19.6. The van der Waals surface area contributed by atoms with E-state index < -0.39 is 6.10 Å². The number of aliphatic hydroxyl groups excluding tert-OH is 1. The second-order valence-electron chi connectivity index (χ2n) is 9.41. The number of β-amino-alcohol motifs (C(OH)–C–C–N with tert-alkyl or cyclic N) is 1. The van der Waals surface area contributed by atoms with Crippen molar-refractivity contribution in [2.75, 3.05) is 59.2 Å². The predicted molar refractivity (Wildman–Crippen MR) is 125 cm³/mol. The number of amides is 1. The van der Waals surface area contributed by atoms with Gasteiger partial charge in [0.25, 0.3) is 0 Å². The Labute approximate surface area is 197 Å². The number of morpholine rings is 1. The number of ether oxygens (including phenoxy) is 3. The zero-order valence-corrected chi connectivity index (χ0v) is 19.6. The van der Waals surface area contributed by atoms with Gasteiger partial charge in [-0.05, 0) is 31.4 Å². The van der Waals surface area contributed by atoms with Crippen LogP contribution in [-0.2, 0) is 25.5 Å². The highest BCUT2D eigenvalue weighted by Crippen LogP contribution is 2.28. The molecule has 1 amide bonds. The fourth-order valence-electron chi connectivity index (χ4n) is 5.08. The van der Waals surface area contributed by atoms with E-state index in [1.54, 1.807) is 0 Å². The lowest BCUT2D eigenvalue weighted by molar-refractivity contribution is -0.158. The predicted octanol–water partition coefficient (Wildman–Crippen LogP) is 1.02. The summed E-state index contributed by atoms with van der Waals surface area (Å²) < 4.78 is 17.5. The monoisotopic (exact) mass is 461 g/mol. The quantitative estimate of drug-likeness (QED) is 0.560. The molecule has 8 heteroatoms. The van der Waals surface area contributed by atoms with Crippen LogP contribution in [0.4, 0.5) is 0 Å². The first-order valence-corrected chi connectivity index (χ1v) is 12.4. The van der Waals surface area contributed by atoms with Crippen molar-refractivity contribution >= 4 is 5.91 Å². The Kier molecular flexibility index (Phi) is 9.52. The van der Waals surface area contributed by atoms with Crippen LogP contribution >= 0.6 is 0 Å². The van der Waals surface area contributed by atoms with Gasteiger partial charge in [-0.25, -0.2) is 0 Å². The Hall–Kier alpha value is -1.55. The van der Waals surface area contributed by atoms with Crippen LogP contribution < -0.4 is 5.32 Å². The standard InChI is InChI=1S/C25H39N3O5/c29-21-17-28(16-20-5-2-1-3-6-20)23-8-7-22(33-24(23)19-32-18-21)15-25(30)26-9-4-10-27-11-13-31-14-12-27/h1-3,5-6,21-24,29H,4,7-19H2,(H,26,30)/t21-,22-,23+,24-/m1/s1. The van der Waals surface area contributed by atoms with Gasteiger partial charge < -0.3 is 24.6 Å². The normalized spacial score (nSPS) is 29.6. The molecule has 0 aliphatic carbocycles. The molecule has 3 aliphatic rings. The smallest absolute Gasteiger partial charge is 0.222 e. The molecular weight excluding hydrogens is 422 g/mol. The molecule has 0 radical (unpaired) electrons. The first-order valence-electron chi connectivity index (χ1n) is 12.4. The Morgan fingerprint density at radius 2 is 1.91 bits per heavy atom. The summed E-state index contributed by atoms with van der Waals surface area (Å²) in [5, 5.41) is 13.4. The number of fused-ring (bicyclic) bond motifs is 1. The molecule has 1 aromatic rings. The van der Waals surface area contributed by atoms with Crippen molar-refractivity contribution in [1.29, 1.82) is 0 Å². The number of carbonyl (C=O) groups excluding carboxylic acids is 1. The van der Waals surface area contributed by atoms with Crippen LogP contribution in [0.2, 0.25) is 0 Å². The van der Waals surface area contributed by atoms with E-state index in [0.29, 0.717) is 32.7 Å². The molecule has 3 heterocycles. The van der Waals surface area contributed by atoms with E-state index in [2.05, 4.69) is 27.2 Å². The SMILES string of the molecule is O=C(C[C@H]1CC[C@H]2[C@@H](COC[C@H](O)CN2Cc2ccccc2)O1)NCCCN1CCOCC1. The Bertz CT molecular complexity index is 715. The molecule has 3 saturated heterocycles. The van der Waals surface area contributed by atoms with Crippen molar-refractivity contribution in [3.63, 3.8) is 0 Å². The number of carbonyl (C=O) groups is 1. The minimum atomic E-state index is -0.504. The van der Waals surface area contributed by atoms with Crippen LogP contribution in [0, 0.1) is 0 Å². The second-order valence-corrected chi connectivity index (χ2v) is 9.41. The van der Waals surface area contributed by atoms with E-state index >= 15 is 0 Å². The highest BCUT2D eigenvalue weighted by molar-refractivity contribution is 5.76. The molecular formula is C25H39N3O5. The molecule has 8 nitrogen and oxygen atoms in total. The molecule has 0 spiro atoms. The molecule has 1 aromatic carbocycles. The van der Waals surface area contributed by atoms with Crippen molar-refractivity contribution in [3.05, 3.63) is 35.9 Å². The number of nitrogens with zero attached hydrogens (tertiary/aromatic N) is 2. The molecule has 33 heavy (non-hydrogen) atoms. The molecule has 3 fully saturated rings. The average molecular weight is 462 g/mol. The van der Waals surface area contributed by atoms with Gasteiger partial charge in [-0.1, -0.05) is 30.3 Å². The summed E-state index contributed by atoms with van der Waals surface area (Å²) in [5.74, 6) is 0.0590. The van der Waals surface area contributed by atoms with Crippen LogP contribution in [-0.4, -0.2) is 104 Å².